The lowest BCUT2D eigenvalue weighted by Gasteiger charge is -2.09. The molecular weight excluding hydrogens is 399 g/mol. The van der Waals surface area contributed by atoms with Crippen molar-refractivity contribution < 1.29 is 24.0 Å². The number of hydrogen-bond acceptors (Lipinski definition) is 6. The summed E-state index contributed by atoms with van der Waals surface area (Å²) in [5.74, 6) is -0.781. The first-order chi connectivity index (χ1) is 12.9. The molecule has 0 radical (unpaired) electrons. The van der Waals surface area contributed by atoms with Crippen LogP contribution >= 0.6 is 23.2 Å². The molecule has 8 nitrogen and oxygen atoms in total. The summed E-state index contributed by atoms with van der Waals surface area (Å²) in [7, 11) is 0. The summed E-state index contributed by atoms with van der Waals surface area (Å²) in [6.07, 6.45) is 0. The molecule has 0 aliphatic carbocycles. The van der Waals surface area contributed by atoms with Crippen LogP contribution in [-0.2, 0) is 9.53 Å². The van der Waals surface area contributed by atoms with E-state index in [1.165, 1.54) is 6.07 Å². The monoisotopic (exact) mass is 412 g/mol. The molecule has 2 aromatic rings. The van der Waals surface area contributed by atoms with Gasteiger partial charge in [-0.2, -0.15) is 0 Å². The smallest absolute Gasteiger partial charge is 0.340 e. The Balaban J connectivity index is 1.72. The number of carbonyl (C=O) groups excluding carboxylic acids is 2. The zero-order chi connectivity index (χ0) is 19.8. The third kappa shape index (κ3) is 6.43. The normalized spacial score (nSPS) is 10.1. The van der Waals surface area contributed by atoms with Crippen LogP contribution < -0.4 is 10.1 Å². The summed E-state index contributed by atoms with van der Waals surface area (Å²) >= 11 is 11.6. The molecule has 0 fully saturated rings. The minimum Gasteiger partial charge on any atom is -0.492 e. The van der Waals surface area contributed by atoms with Crippen LogP contribution in [0.5, 0.6) is 5.75 Å². The molecule has 0 spiro atoms. The van der Waals surface area contributed by atoms with Gasteiger partial charge in [0.15, 0.2) is 6.61 Å². The second kappa shape index (κ2) is 9.75. The number of hydrogen-bond donors (Lipinski definition) is 1. The van der Waals surface area contributed by atoms with Crippen molar-refractivity contribution in [1.82, 2.24) is 5.32 Å². The molecule has 142 valence electrons. The lowest BCUT2D eigenvalue weighted by Crippen LogP contribution is -2.32. The van der Waals surface area contributed by atoms with Crippen molar-refractivity contribution in [3.8, 4) is 5.75 Å². The summed E-state index contributed by atoms with van der Waals surface area (Å²) in [5.41, 5.74) is -0.323. The molecular formula is C17H14Cl2N2O6. The summed E-state index contributed by atoms with van der Waals surface area (Å²) in [4.78, 5) is 33.6. The molecule has 2 rings (SSSR count). The van der Waals surface area contributed by atoms with Crippen molar-refractivity contribution in [1.29, 1.82) is 0 Å². The van der Waals surface area contributed by atoms with E-state index in [-0.39, 0.29) is 29.4 Å². The van der Waals surface area contributed by atoms with Crippen molar-refractivity contribution in [2.45, 2.75) is 0 Å². The van der Waals surface area contributed by atoms with E-state index in [1.54, 1.807) is 24.3 Å². The fourth-order valence-corrected chi connectivity index (χ4v) is 2.31. The highest BCUT2D eigenvalue weighted by Gasteiger charge is 2.17. The topological polar surface area (TPSA) is 108 Å². The highest BCUT2D eigenvalue weighted by molar-refractivity contribution is 6.33. The van der Waals surface area contributed by atoms with Crippen LogP contribution in [0.2, 0.25) is 10.0 Å². The van der Waals surface area contributed by atoms with Gasteiger partial charge in [0.05, 0.1) is 22.1 Å². The molecule has 2 aromatic carbocycles. The first-order valence-corrected chi connectivity index (χ1v) is 8.38. The molecule has 0 saturated carbocycles. The van der Waals surface area contributed by atoms with Gasteiger partial charge in [-0.25, -0.2) is 4.79 Å². The van der Waals surface area contributed by atoms with Crippen molar-refractivity contribution in [3.05, 3.63) is 68.2 Å². The predicted molar refractivity (Wildman–Crippen MR) is 98.3 cm³/mol. The molecule has 10 heteroatoms. The number of nitro groups is 1. The molecule has 1 N–H and O–H groups in total. The summed E-state index contributed by atoms with van der Waals surface area (Å²) in [6, 6.07) is 10.1. The Bertz CT molecular complexity index is 842. The van der Waals surface area contributed by atoms with E-state index in [0.29, 0.717) is 10.8 Å². The predicted octanol–water partition coefficient (Wildman–Crippen LogP) is 3.25. The molecule has 0 aliphatic rings. The third-order valence-electron chi connectivity index (χ3n) is 3.22. The molecule has 27 heavy (non-hydrogen) atoms. The summed E-state index contributed by atoms with van der Waals surface area (Å²) in [5, 5.41) is 13.6. The number of rotatable bonds is 8. The van der Waals surface area contributed by atoms with Gasteiger partial charge in [-0.3, -0.25) is 14.9 Å². The van der Waals surface area contributed by atoms with Crippen LogP contribution in [0, 0.1) is 10.1 Å². The fourth-order valence-electron chi connectivity index (χ4n) is 1.93. The molecule has 0 bridgehead atoms. The number of ether oxygens (including phenoxy) is 2. The van der Waals surface area contributed by atoms with Gasteiger partial charge in [0.1, 0.15) is 12.4 Å². The molecule has 0 aromatic heterocycles. The number of halogens is 2. The number of nitrogens with zero attached hydrogens (tertiary/aromatic N) is 1. The third-order valence-corrected chi connectivity index (χ3v) is 3.79. The maximum absolute atomic E-state index is 11.9. The van der Waals surface area contributed by atoms with Crippen LogP contribution in [-0.4, -0.2) is 36.6 Å². The van der Waals surface area contributed by atoms with E-state index in [0.717, 1.165) is 12.1 Å². The second-order valence-electron chi connectivity index (χ2n) is 5.15. The Morgan fingerprint density at radius 1 is 1.11 bits per heavy atom. The standard InChI is InChI=1S/C17H14Cl2N2O6/c18-11-1-4-13(5-2-11)26-8-7-20-16(22)10-27-17(23)14-6-3-12(21(24)25)9-15(14)19/h1-6,9H,7-8,10H2,(H,20,22). The Kier molecular flexibility index (Phi) is 7.39. The van der Waals surface area contributed by atoms with Gasteiger partial charge >= 0.3 is 5.97 Å². The van der Waals surface area contributed by atoms with Gasteiger partial charge in [0.25, 0.3) is 11.6 Å². The van der Waals surface area contributed by atoms with Gasteiger partial charge in [-0.15, -0.1) is 0 Å². The SMILES string of the molecule is O=C(COC(=O)c1ccc([N+](=O)[O-])cc1Cl)NCCOc1ccc(Cl)cc1. The van der Waals surface area contributed by atoms with Crippen LogP contribution in [0.25, 0.3) is 0 Å². The molecule has 0 atom stereocenters. The van der Waals surface area contributed by atoms with Crippen molar-refractivity contribution in [2.24, 2.45) is 0 Å². The van der Waals surface area contributed by atoms with Gasteiger partial charge in [-0.05, 0) is 30.3 Å². The lowest BCUT2D eigenvalue weighted by molar-refractivity contribution is -0.384. The van der Waals surface area contributed by atoms with Gasteiger partial charge in [0, 0.05) is 17.2 Å². The van der Waals surface area contributed by atoms with E-state index in [4.69, 9.17) is 32.7 Å². The average molecular weight is 413 g/mol. The van der Waals surface area contributed by atoms with E-state index in [2.05, 4.69) is 5.32 Å². The van der Waals surface area contributed by atoms with Crippen molar-refractivity contribution in [2.75, 3.05) is 19.8 Å². The number of nitro benzene ring substituents is 1. The van der Waals surface area contributed by atoms with Gasteiger partial charge in [0.2, 0.25) is 0 Å². The van der Waals surface area contributed by atoms with Gasteiger partial charge in [-0.1, -0.05) is 23.2 Å². The minimum atomic E-state index is -0.859. The van der Waals surface area contributed by atoms with E-state index in [1.807, 2.05) is 0 Å². The molecule has 1 amide bonds. The molecule has 0 heterocycles. The van der Waals surface area contributed by atoms with Crippen molar-refractivity contribution >= 4 is 40.8 Å². The molecule has 0 saturated heterocycles. The fraction of sp³-hybridized carbons (Fsp3) is 0.176. The summed E-state index contributed by atoms with van der Waals surface area (Å²) in [6.45, 7) is -0.0973. The number of benzene rings is 2. The lowest BCUT2D eigenvalue weighted by atomic mass is 10.2. The number of carbonyl (C=O) groups is 2. The minimum absolute atomic E-state index is 0.0684. The summed E-state index contributed by atoms with van der Waals surface area (Å²) < 4.78 is 10.2. The first-order valence-electron chi connectivity index (χ1n) is 7.63. The Morgan fingerprint density at radius 3 is 2.44 bits per heavy atom. The Morgan fingerprint density at radius 2 is 1.81 bits per heavy atom. The zero-order valence-corrected chi connectivity index (χ0v) is 15.3. The van der Waals surface area contributed by atoms with Gasteiger partial charge < -0.3 is 14.8 Å². The van der Waals surface area contributed by atoms with E-state index < -0.39 is 23.4 Å². The maximum Gasteiger partial charge on any atom is 0.340 e. The van der Waals surface area contributed by atoms with E-state index in [9.17, 15) is 19.7 Å². The largest absolute Gasteiger partial charge is 0.492 e. The maximum atomic E-state index is 11.9. The number of nitrogens with one attached hydrogen (secondary N) is 1. The quantitative estimate of drug-likeness (QED) is 0.308. The highest BCUT2D eigenvalue weighted by atomic mass is 35.5. The van der Waals surface area contributed by atoms with Crippen LogP contribution in [0.3, 0.4) is 0 Å². The number of amides is 1. The van der Waals surface area contributed by atoms with Crippen LogP contribution in [0.15, 0.2) is 42.5 Å². The van der Waals surface area contributed by atoms with Crippen molar-refractivity contribution in [3.63, 3.8) is 0 Å². The highest BCUT2D eigenvalue weighted by Crippen LogP contribution is 2.23. The van der Waals surface area contributed by atoms with Crippen LogP contribution in [0.4, 0.5) is 5.69 Å². The number of esters is 1. The Hall–Kier alpha value is -2.84. The first kappa shape index (κ1) is 20.5. The van der Waals surface area contributed by atoms with Crippen LogP contribution in [0.1, 0.15) is 10.4 Å². The molecule has 0 aliphatic heterocycles. The molecule has 0 unspecified atom stereocenters. The zero-order valence-electron chi connectivity index (χ0n) is 13.8. The number of non-ortho nitro benzene ring substituents is 1. The van der Waals surface area contributed by atoms with E-state index >= 15 is 0 Å². The Labute approximate surface area is 164 Å². The second-order valence-corrected chi connectivity index (χ2v) is 5.99. The average Bonchev–Trinajstić information content (AvgIpc) is 2.64.